The van der Waals surface area contributed by atoms with E-state index in [9.17, 15) is 14.9 Å². The van der Waals surface area contributed by atoms with Gasteiger partial charge in [0.1, 0.15) is 5.75 Å². The van der Waals surface area contributed by atoms with Gasteiger partial charge in [0.2, 0.25) is 0 Å². The second-order valence-corrected chi connectivity index (χ2v) is 7.54. The molecule has 1 amide bonds. The predicted octanol–water partition coefficient (Wildman–Crippen LogP) is 4.93. The number of amides is 1. The molecule has 0 aliphatic carbocycles. The van der Waals surface area contributed by atoms with E-state index in [-0.39, 0.29) is 11.6 Å². The van der Waals surface area contributed by atoms with Crippen LogP contribution < -0.4 is 10.2 Å². The lowest BCUT2D eigenvalue weighted by atomic mass is 10.1. The first-order chi connectivity index (χ1) is 15.9. The molecule has 166 valence electrons. The molecule has 0 saturated carbocycles. The molecule has 8 nitrogen and oxygen atoms in total. The average Bonchev–Trinajstić information content (AvgIpc) is 3.10. The second-order valence-electron chi connectivity index (χ2n) is 7.54. The lowest BCUT2D eigenvalue weighted by Crippen LogP contribution is -2.18. The normalized spacial score (nSPS) is 11.1. The van der Waals surface area contributed by atoms with Crippen LogP contribution in [0, 0.1) is 24.0 Å². The van der Waals surface area contributed by atoms with Crippen molar-refractivity contribution in [1.29, 1.82) is 0 Å². The Labute approximate surface area is 190 Å². The van der Waals surface area contributed by atoms with Gasteiger partial charge in [-0.1, -0.05) is 30.3 Å². The zero-order valence-corrected chi connectivity index (χ0v) is 18.4. The van der Waals surface area contributed by atoms with Crippen LogP contribution in [0.15, 0.2) is 71.8 Å². The van der Waals surface area contributed by atoms with Gasteiger partial charge in [0.25, 0.3) is 11.6 Å². The molecule has 0 unspecified atom stereocenters. The fourth-order valence-corrected chi connectivity index (χ4v) is 3.85. The largest absolute Gasteiger partial charge is 0.496 e. The first-order valence-corrected chi connectivity index (χ1v) is 10.2. The Morgan fingerprint density at radius 3 is 2.48 bits per heavy atom. The number of ether oxygens (including phenoxy) is 1. The van der Waals surface area contributed by atoms with E-state index < -0.39 is 4.92 Å². The molecule has 3 aromatic carbocycles. The van der Waals surface area contributed by atoms with Crippen LogP contribution in [0.4, 0.5) is 5.69 Å². The number of aryl methyl sites for hydroxylation is 1. The van der Waals surface area contributed by atoms with Crippen LogP contribution >= 0.6 is 0 Å². The molecule has 0 bridgehead atoms. The SMILES string of the molecule is COc1cc2ccccc2cc1C(=O)NN=Cc1cc(C)n(-c2cccc([N+](=O)[O-])c2)c1C. The van der Waals surface area contributed by atoms with E-state index in [4.69, 9.17) is 4.74 Å². The van der Waals surface area contributed by atoms with Gasteiger partial charge < -0.3 is 9.30 Å². The minimum Gasteiger partial charge on any atom is -0.496 e. The fraction of sp³-hybridized carbons (Fsp3) is 0.120. The summed E-state index contributed by atoms with van der Waals surface area (Å²) in [6.45, 7) is 3.79. The molecule has 1 heterocycles. The summed E-state index contributed by atoms with van der Waals surface area (Å²) in [5.74, 6) is 0.0756. The van der Waals surface area contributed by atoms with Crippen molar-refractivity contribution >= 4 is 28.6 Å². The number of rotatable bonds is 6. The molecule has 4 aromatic rings. The predicted molar refractivity (Wildman–Crippen MR) is 127 cm³/mol. The Kier molecular flexibility index (Phi) is 5.91. The molecule has 1 aromatic heterocycles. The van der Waals surface area contributed by atoms with E-state index in [1.54, 1.807) is 18.3 Å². The molecule has 0 atom stereocenters. The van der Waals surface area contributed by atoms with Crippen molar-refractivity contribution in [3.8, 4) is 11.4 Å². The summed E-state index contributed by atoms with van der Waals surface area (Å²) < 4.78 is 7.29. The summed E-state index contributed by atoms with van der Waals surface area (Å²) in [6.07, 6.45) is 1.56. The van der Waals surface area contributed by atoms with Crippen molar-refractivity contribution in [2.45, 2.75) is 13.8 Å². The van der Waals surface area contributed by atoms with E-state index in [1.165, 1.54) is 19.2 Å². The third-order valence-corrected chi connectivity index (χ3v) is 5.45. The number of aromatic nitrogens is 1. The van der Waals surface area contributed by atoms with Crippen LogP contribution in [0.3, 0.4) is 0 Å². The Morgan fingerprint density at radius 2 is 1.79 bits per heavy atom. The number of hydrogen-bond acceptors (Lipinski definition) is 5. The summed E-state index contributed by atoms with van der Waals surface area (Å²) >= 11 is 0. The molecule has 0 spiro atoms. The van der Waals surface area contributed by atoms with Gasteiger partial charge in [0.05, 0.1) is 29.5 Å². The minimum atomic E-state index is -0.420. The fourth-order valence-electron chi connectivity index (χ4n) is 3.85. The Hall–Kier alpha value is -4.46. The molecule has 0 fully saturated rings. The Morgan fingerprint density at radius 1 is 1.06 bits per heavy atom. The monoisotopic (exact) mass is 442 g/mol. The number of methoxy groups -OCH3 is 1. The molecular formula is C25H22N4O4. The number of nitrogens with zero attached hydrogens (tertiary/aromatic N) is 3. The molecule has 8 heteroatoms. The molecular weight excluding hydrogens is 420 g/mol. The van der Waals surface area contributed by atoms with Gasteiger partial charge in [-0.15, -0.1) is 0 Å². The van der Waals surface area contributed by atoms with Gasteiger partial charge in [0.15, 0.2) is 0 Å². The van der Waals surface area contributed by atoms with Crippen LogP contribution in [0.25, 0.3) is 16.5 Å². The van der Waals surface area contributed by atoms with Crippen LogP contribution in [0.2, 0.25) is 0 Å². The van der Waals surface area contributed by atoms with Gasteiger partial charge in [-0.05, 0) is 48.9 Å². The maximum atomic E-state index is 12.8. The van der Waals surface area contributed by atoms with Gasteiger partial charge in [0, 0.05) is 29.1 Å². The van der Waals surface area contributed by atoms with Gasteiger partial charge in [-0.3, -0.25) is 14.9 Å². The number of nitrogens with one attached hydrogen (secondary N) is 1. The molecule has 0 radical (unpaired) electrons. The highest BCUT2D eigenvalue weighted by molar-refractivity contribution is 6.02. The van der Waals surface area contributed by atoms with Crippen LogP contribution in [0.1, 0.15) is 27.3 Å². The number of carbonyl (C=O) groups excluding carboxylic acids is 1. The smallest absolute Gasteiger partial charge is 0.275 e. The van der Waals surface area contributed by atoms with E-state index in [2.05, 4.69) is 10.5 Å². The molecule has 4 rings (SSSR count). The number of benzene rings is 3. The number of hydrogen-bond donors (Lipinski definition) is 1. The van der Waals surface area contributed by atoms with E-state index in [1.807, 2.05) is 60.9 Å². The summed E-state index contributed by atoms with van der Waals surface area (Å²) in [7, 11) is 1.52. The zero-order chi connectivity index (χ0) is 23.5. The van der Waals surface area contributed by atoms with E-state index >= 15 is 0 Å². The van der Waals surface area contributed by atoms with Gasteiger partial charge in [-0.2, -0.15) is 5.10 Å². The third kappa shape index (κ3) is 4.31. The highest BCUT2D eigenvalue weighted by atomic mass is 16.6. The highest BCUT2D eigenvalue weighted by Gasteiger charge is 2.15. The number of hydrazone groups is 1. The topological polar surface area (TPSA) is 98.8 Å². The van der Waals surface area contributed by atoms with Crippen molar-refractivity contribution in [2.75, 3.05) is 7.11 Å². The third-order valence-electron chi connectivity index (χ3n) is 5.45. The van der Waals surface area contributed by atoms with Crippen molar-refractivity contribution in [3.63, 3.8) is 0 Å². The van der Waals surface area contributed by atoms with Crippen LogP contribution in [-0.2, 0) is 0 Å². The second kappa shape index (κ2) is 8.96. The number of non-ortho nitro benzene ring substituents is 1. The number of nitro groups is 1. The number of nitro benzene ring substituents is 1. The Bertz CT molecular complexity index is 1410. The Balaban J connectivity index is 1.58. The summed E-state index contributed by atoms with van der Waals surface area (Å²) in [6, 6.07) is 19.6. The standard InChI is InChI=1S/C25H22N4O4/c1-16-11-20(17(2)28(16)21-9-6-10-22(14-21)29(31)32)15-26-27-25(30)23-12-18-7-4-5-8-19(18)13-24(23)33-3/h4-15H,1-3H3,(H,27,30). The summed E-state index contributed by atoms with van der Waals surface area (Å²) in [5, 5.41) is 17.2. The minimum absolute atomic E-state index is 0.0202. The van der Waals surface area contributed by atoms with E-state index in [0.717, 1.165) is 27.7 Å². The van der Waals surface area contributed by atoms with Crippen LogP contribution in [-0.4, -0.2) is 28.7 Å². The number of carbonyl (C=O) groups is 1. The van der Waals surface area contributed by atoms with E-state index in [0.29, 0.717) is 17.0 Å². The lowest BCUT2D eigenvalue weighted by molar-refractivity contribution is -0.384. The zero-order valence-electron chi connectivity index (χ0n) is 18.4. The average molecular weight is 442 g/mol. The molecule has 1 N–H and O–H groups in total. The molecule has 0 saturated heterocycles. The first-order valence-electron chi connectivity index (χ1n) is 10.2. The van der Waals surface area contributed by atoms with Crippen LogP contribution in [0.5, 0.6) is 5.75 Å². The maximum absolute atomic E-state index is 12.8. The van der Waals surface area contributed by atoms with Gasteiger partial charge in [-0.25, -0.2) is 5.43 Å². The lowest BCUT2D eigenvalue weighted by Gasteiger charge is -2.09. The van der Waals surface area contributed by atoms with Gasteiger partial charge >= 0.3 is 0 Å². The van der Waals surface area contributed by atoms with Crippen molar-refractivity contribution in [3.05, 3.63) is 99.4 Å². The summed E-state index contributed by atoms with van der Waals surface area (Å²) in [5.41, 5.74) is 6.16. The van der Waals surface area contributed by atoms with Crippen molar-refractivity contribution in [2.24, 2.45) is 5.10 Å². The first kappa shape index (κ1) is 21.8. The number of fused-ring (bicyclic) bond motifs is 1. The quantitative estimate of drug-likeness (QED) is 0.260. The highest BCUT2D eigenvalue weighted by Crippen LogP contribution is 2.26. The molecule has 0 aliphatic rings. The molecule has 0 aliphatic heterocycles. The van der Waals surface area contributed by atoms with Crippen molar-refractivity contribution in [1.82, 2.24) is 9.99 Å². The van der Waals surface area contributed by atoms with Crippen molar-refractivity contribution < 1.29 is 14.5 Å². The molecule has 33 heavy (non-hydrogen) atoms. The maximum Gasteiger partial charge on any atom is 0.275 e. The summed E-state index contributed by atoms with van der Waals surface area (Å²) in [4.78, 5) is 23.5.